The molecule has 4 aliphatic carbocycles. The van der Waals surface area contributed by atoms with Gasteiger partial charge < -0.3 is 0 Å². The fourth-order valence-electron chi connectivity index (χ4n) is 7.98. The minimum Gasteiger partial charge on any atom is -0.247 e. The van der Waals surface area contributed by atoms with E-state index in [0.717, 1.165) is 36.5 Å². The van der Waals surface area contributed by atoms with E-state index in [4.69, 9.17) is 0 Å². The molecule has 4 aliphatic rings. The zero-order valence-electron chi connectivity index (χ0n) is 19.1. The fourth-order valence-corrected chi connectivity index (χ4v) is 7.98. The molecule has 3 fully saturated rings. The molecule has 0 aliphatic heterocycles. The maximum atomic E-state index is 14.1. The summed E-state index contributed by atoms with van der Waals surface area (Å²) in [5.41, 5.74) is 3.92. The molecule has 3 saturated carbocycles. The van der Waals surface area contributed by atoms with Crippen LogP contribution in [0.5, 0.6) is 0 Å². The lowest BCUT2D eigenvalue weighted by atomic mass is 9.50. The van der Waals surface area contributed by atoms with E-state index in [-0.39, 0.29) is 5.41 Å². The second kappa shape index (κ2) is 7.59. The van der Waals surface area contributed by atoms with Crippen LogP contribution in [0, 0.1) is 40.4 Å². The van der Waals surface area contributed by atoms with Crippen molar-refractivity contribution < 1.29 is 4.39 Å². The summed E-state index contributed by atoms with van der Waals surface area (Å²) in [6.45, 7) is 12.3. The SMILES string of the molecule is CC(C)CCC[C@@H](C)[C@H]1CC[C@H]2C3=CC=C4C[C@@H](F)CC[C@]4(C)[C@H]3CC[C@]12C. The normalized spacial score (nSPS) is 43.7. The lowest BCUT2D eigenvalue weighted by molar-refractivity contribution is 0.0418. The van der Waals surface area contributed by atoms with Gasteiger partial charge in [0.05, 0.1) is 0 Å². The van der Waals surface area contributed by atoms with Gasteiger partial charge in [-0.3, -0.25) is 0 Å². The molecule has 0 aromatic heterocycles. The van der Waals surface area contributed by atoms with Gasteiger partial charge in [-0.25, -0.2) is 4.39 Å². The Kier molecular flexibility index (Phi) is 5.60. The molecule has 28 heavy (non-hydrogen) atoms. The first-order valence-electron chi connectivity index (χ1n) is 12.3. The predicted molar refractivity (Wildman–Crippen MR) is 118 cm³/mol. The van der Waals surface area contributed by atoms with E-state index in [0.29, 0.717) is 17.8 Å². The number of allylic oxidation sites excluding steroid dienone is 4. The van der Waals surface area contributed by atoms with Crippen molar-refractivity contribution in [2.24, 2.45) is 40.4 Å². The van der Waals surface area contributed by atoms with Crippen molar-refractivity contribution >= 4 is 0 Å². The highest BCUT2D eigenvalue weighted by Gasteiger charge is 2.56. The lowest BCUT2D eigenvalue weighted by Gasteiger charge is -2.55. The Hall–Kier alpha value is -0.590. The summed E-state index contributed by atoms with van der Waals surface area (Å²) in [5.74, 6) is 4.06. The van der Waals surface area contributed by atoms with Gasteiger partial charge in [0.25, 0.3) is 0 Å². The van der Waals surface area contributed by atoms with Crippen LogP contribution in [0.25, 0.3) is 0 Å². The van der Waals surface area contributed by atoms with Gasteiger partial charge in [0.15, 0.2) is 0 Å². The second-order valence-electron chi connectivity index (χ2n) is 11.8. The average Bonchev–Trinajstić information content (AvgIpc) is 2.99. The van der Waals surface area contributed by atoms with Crippen molar-refractivity contribution in [3.05, 3.63) is 23.3 Å². The van der Waals surface area contributed by atoms with Crippen LogP contribution >= 0.6 is 0 Å². The molecule has 0 unspecified atom stereocenters. The zero-order chi connectivity index (χ0) is 20.1. The predicted octanol–water partition coefficient (Wildman–Crippen LogP) is 8.29. The van der Waals surface area contributed by atoms with Gasteiger partial charge in [-0.1, -0.05) is 77.2 Å². The van der Waals surface area contributed by atoms with E-state index in [1.54, 1.807) is 5.57 Å². The quantitative estimate of drug-likeness (QED) is 0.446. The van der Waals surface area contributed by atoms with Crippen molar-refractivity contribution in [2.45, 2.75) is 105 Å². The summed E-state index contributed by atoms with van der Waals surface area (Å²) in [6.07, 6.45) is 16.5. The maximum absolute atomic E-state index is 14.1. The van der Waals surface area contributed by atoms with E-state index in [1.807, 2.05) is 0 Å². The van der Waals surface area contributed by atoms with E-state index < -0.39 is 6.17 Å². The average molecular weight is 387 g/mol. The number of hydrogen-bond acceptors (Lipinski definition) is 0. The van der Waals surface area contributed by atoms with Gasteiger partial charge in [0.1, 0.15) is 6.17 Å². The smallest absolute Gasteiger partial charge is 0.104 e. The van der Waals surface area contributed by atoms with Gasteiger partial charge in [-0.05, 0) is 78.9 Å². The molecule has 0 radical (unpaired) electrons. The monoisotopic (exact) mass is 386 g/mol. The number of fused-ring (bicyclic) bond motifs is 5. The third kappa shape index (κ3) is 3.33. The van der Waals surface area contributed by atoms with Crippen LogP contribution in [-0.2, 0) is 0 Å². The number of hydrogen-bond donors (Lipinski definition) is 0. The number of halogens is 1. The largest absolute Gasteiger partial charge is 0.247 e. The fraction of sp³-hybridized carbons (Fsp3) is 0.852. The molecule has 0 heterocycles. The summed E-state index contributed by atoms with van der Waals surface area (Å²) >= 11 is 0. The molecule has 0 aromatic rings. The highest BCUT2D eigenvalue weighted by atomic mass is 19.1. The molecule has 1 heteroatoms. The van der Waals surface area contributed by atoms with Gasteiger partial charge in [-0.15, -0.1) is 0 Å². The van der Waals surface area contributed by atoms with Gasteiger partial charge >= 0.3 is 0 Å². The van der Waals surface area contributed by atoms with Gasteiger partial charge in [0, 0.05) is 6.42 Å². The molecule has 0 amide bonds. The molecule has 0 aromatic carbocycles. The van der Waals surface area contributed by atoms with Crippen molar-refractivity contribution in [1.82, 2.24) is 0 Å². The minimum atomic E-state index is -0.606. The highest BCUT2D eigenvalue weighted by Crippen LogP contribution is 2.66. The Morgan fingerprint density at radius 2 is 1.75 bits per heavy atom. The van der Waals surface area contributed by atoms with Crippen LogP contribution in [-0.4, -0.2) is 6.17 Å². The van der Waals surface area contributed by atoms with E-state index in [2.05, 4.69) is 46.8 Å². The van der Waals surface area contributed by atoms with Crippen LogP contribution in [0.15, 0.2) is 23.3 Å². The van der Waals surface area contributed by atoms with E-state index >= 15 is 0 Å². The Morgan fingerprint density at radius 3 is 2.50 bits per heavy atom. The molecular weight excluding hydrogens is 343 g/mol. The molecule has 0 saturated heterocycles. The molecule has 7 atom stereocenters. The molecule has 4 rings (SSSR count). The van der Waals surface area contributed by atoms with Crippen molar-refractivity contribution in [2.75, 3.05) is 0 Å². The topological polar surface area (TPSA) is 0 Å². The molecule has 0 bridgehead atoms. The van der Waals surface area contributed by atoms with Gasteiger partial charge in [-0.2, -0.15) is 0 Å². The Morgan fingerprint density at radius 1 is 0.964 bits per heavy atom. The Balaban J connectivity index is 1.53. The number of alkyl halides is 1. The minimum absolute atomic E-state index is 0.245. The Labute approximate surface area is 173 Å². The first-order chi connectivity index (χ1) is 13.3. The van der Waals surface area contributed by atoms with Crippen molar-refractivity contribution in [3.8, 4) is 0 Å². The summed E-state index contributed by atoms with van der Waals surface area (Å²) in [6, 6.07) is 0. The van der Waals surface area contributed by atoms with Crippen LogP contribution in [0.4, 0.5) is 4.39 Å². The molecular formula is C27H43F. The van der Waals surface area contributed by atoms with E-state index in [9.17, 15) is 4.39 Å². The Bertz CT molecular complexity index is 643. The first kappa shape index (κ1) is 20.7. The summed E-state index contributed by atoms with van der Waals surface area (Å²) < 4.78 is 14.1. The highest BCUT2D eigenvalue weighted by molar-refractivity contribution is 5.38. The summed E-state index contributed by atoms with van der Waals surface area (Å²) in [7, 11) is 0. The van der Waals surface area contributed by atoms with Crippen molar-refractivity contribution in [1.29, 1.82) is 0 Å². The summed E-state index contributed by atoms with van der Waals surface area (Å²) in [4.78, 5) is 0. The van der Waals surface area contributed by atoms with Crippen LogP contribution in [0.2, 0.25) is 0 Å². The van der Waals surface area contributed by atoms with Crippen molar-refractivity contribution in [3.63, 3.8) is 0 Å². The van der Waals surface area contributed by atoms with E-state index in [1.165, 1.54) is 50.5 Å². The molecule has 158 valence electrons. The van der Waals surface area contributed by atoms with Crippen LogP contribution < -0.4 is 0 Å². The zero-order valence-corrected chi connectivity index (χ0v) is 19.1. The second-order valence-corrected chi connectivity index (χ2v) is 11.8. The lowest BCUT2D eigenvalue weighted by Crippen LogP contribution is -2.46. The molecule has 0 spiro atoms. The van der Waals surface area contributed by atoms with Crippen LogP contribution in [0.3, 0.4) is 0 Å². The third-order valence-corrected chi connectivity index (χ3v) is 9.71. The molecule has 0 nitrogen and oxygen atoms in total. The first-order valence-corrected chi connectivity index (χ1v) is 12.3. The third-order valence-electron chi connectivity index (χ3n) is 9.71. The standard InChI is InChI=1S/C27H43F/c1-18(2)7-6-8-19(3)23-11-12-24-22-10-9-20-17-21(28)13-15-26(20,4)25(22)14-16-27(23,24)5/h9-10,18-19,21,23-25H,6-8,11-17H2,1-5H3/t19-,21+,23-,24+,25+,26+,27-/m1/s1. The summed E-state index contributed by atoms with van der Waals surface area (Å²) in [5, 5.41) is 0. The maximum Gasteiger partial charge on any atom is 0.104 e. The van der Waals surface area contributed by atoms with Gasteiger partial charge in [0.2, 0.25) is 0 Å². The van der Waals surface area contributed by atoms with Crippen LogP contribution in [0.1, 0.15) is 98.8 Å². The molecule has 0 N–H and O–H groups in total. The number of rotatable bonds is 5.